The van der Waals surface area contributed by atoms with Crippen LogP contribution in [0.4, 0.5) is 4.39 Å². The summed E-state index contributed by atoms with van der Waals surface area (Å²) in [4.78, 5) is 12.9. The fraction of sp³-hybridized carbons (Fsp3) is 0.167. The summed E-state index contributed by atoms with van der Waals surface area (Å²) < 4.78 is 24.1. The third-order valence-corrected chi connectivity index (χ3v) is 3.26. The molecule has 3 aromatic rings. The molecule has 0 aliphatic carbocycles. The van der Waals surface area contributed by atoms with Gasteiger partial charge in [0, 0.05) is 31.1 Å². The molecule has 2 aromatic heterocycles. The Kier molecular flexibility index (Phi) is 5.08. The van der Waals surface area contributed by atoms with E-state index in [1.807, 2.05) is 12.1 Å². The maximum atomic E-state index is 13.2. The van der Waals surface area contributed by atoms with E-state index in [-0.39, 0.29) is 12.4 Å². The fourth-order valence-electron chi connectivity index (χ4n) is 2.18. The van der Waals surface area contributed by atoms with Crippen molar-refractivity contribution in [3.8, 4) is 17.3 Å². The lowest BCUT2D eigenvalue weighted by atomic mass is 10.2. The van der Waals surface area contributed by atoms with Crippen molar-refractivity contribution in [1.29, 1.82) is 0 Å². The second-order valence-corrected chi connectivity index (χ2v) is 5.11. The molecule has 0 atom stereocenters. The maximum absolute atomic E-state index is 13.2. The highest BCUT2D eigenvalue weighted by molar-refractivity contribution is 5.54. The Morgan fingerprint density at radius 3 is 2.58 bits per heavy atom. The van der Waals surface area contributed by atoms with E-state index < -0.39 is 0 Å². The Balaban J connectivity index is 1.85. The molecule has 0 N–H and O–H groups in total. The average molecular weight is 325 g/mol. The summed E-state index contributed by atoms with van der Waals surface area (Å²) in [6, 6.07) is 11.6. The van der Waals surface area contributed by atoms with E-state index in [0.717, 1.165) is 11.1 Å². The Morgan fingerprint density at radius 1 is 1.00 bits per heavy atom. The maximum Gasteiger partial charge on any atom is 0.217 e. The van der Waals surface area contributed by atoms with E-state index in [4.69, 9.17) is 9.47 Å². The van der Waals surface area contributed by atoms with Gasteiger partial charge >= 0.3 is 0 Å². The zero-order chi connectivity index (χ0) is 16.8. The highest BCUT2D eigenvalue weighted by atomic mass is 19.1. The van der Waals surface area contributed by atoms with Gasteiger partial charge in [-0.15, -0.1) is 0 Å². The Bertz CT molecular complexity index is 812. The van der Waals surface area contributed by atoms with Crippen LogP contribution in [0.3, 0.4) is 0 Å². The molecule has 0 saturated carbocycles. The lowest BCUT2D eigenvalue weighted by Gasteiger charge is -2.09. The summed E-state index contributed by atoms with van der Waals surface area (Å²) >= 11 is 0. The fourth-order valence-corrected chi connectivity index (χ4v) is 2.18. The van der Waals surface area contributed by atoms with Gasteiger partial charge < -0.3 is 9.47 Å². The topological polar surface area (TPSA) is 57.1 Å². The zero-order valence-corrected chi connectivity index (χ0v) is 13.1. The number of ether oxygens (including phenoxy) is 2. The first-order valence-electron chi connectivity index (χ1n) is 7.39. The summed E-state index contributed by atoms with van der Waals surface area (Å²) in [5, 5.41) is 0. The normalized spacial score (nSPS) is 10.6. The molecule has 122 valence electrons. The summed E-state index contributed by atoms with van der Waals surface area (Å²) in [7, 11) is 1.60. The minimum atomic E-state index is -0.295. The number of rotatable bonds is 6. The number of hydrogen-bond acceptors (Lipinski definition) is 5. The van der Waals surface area contributed by atoms with Gasteiger partial charge in [-0.1, -0.05) is 12.1 Å². The van der Waals surface area contributed by atoms with Crippen LogP contribution < -0.4 is 4.74 Å². The van der Waals surface area contributed by atoms with Gasteiger partial charge in [-0.05, 0) is 29.8 Å². The number of nitrogens with zero attached hydrogens (tertiary/aromatic N) is 3. The smallest absolute Gasteiger partial charge is 0.217 e. The molecular weight excluding hydrogens is 309 g/mol. The number of benzene rings is 1. The van der Waals surface area contributed by atoms with Crippen LogP contribution in [0.1, 0.15) is 11.3 Å². The number of methoxy groups -OCH3 is 1. The lowest BCUT2D eigenvalue weighted by Crippen LogP contribution is -2.03. The zero-order valence-electron chi connectivity index (χ0n) is 13.1. The molecule has 2 heterocycles. The minimum absolute atomic E-state index is 0.219. The van der Waals surface area contributed by atoms with E-state index in [1.54, 1.807) is 37.7 Å². The summed E-state index contributed by atoms with van der Waals surface area (Å²) in [5.74, 6) is 0.644. The second kappa shape index (κ2) is 7.61. The average Bonchev–Trinajstić information content (AvgIpc) is 2.61. The molecule has 0 radical (unpaired) electrons. The van der Waals surface area contributed by atoms with Gasteiger partial charge in [-0.2, -0.15) is 4.98 Å². The van der Waals surface area contributed by atoms with Crippen LogP contribution in [0.5, 0.6) is 5.88 Å². The summed E-state index contributed by atoms with van der Waals surface area (Å²) in [6.45, 7) is 0.563. The first kappa shape index (κ1) is 16.0. The van der Waals surface area contributed by atoms with Crippen LogP contribution in [0.2, 0.25) is 0 Å². The molecule has 0 aliphatic heterocycles. The van der Waals surface area contributed by atoms with Crippen molar-refractivity contribution in [2.75, 3.05) is 7.11 Å². The molecule has 0 spiro atoms. The van der Waals surface area contributed by atoms with E-state index in [1.165, 1.54) is 12.1 Å². The third-order valence-electron chi connectivity index (χ3n) is 3.26. The molecular formula is C18H16FN3O2. The lowest BCUT2D eigenvalue weighted by molar-refractivity contribution is 0.180. The number of pyridine rings is 1. The molecule has 24 heavy (non-hydrogen) atoms. The van der Waals surface area contributed by atoms with E-state index in [9.17, 15) is 4.39 Å². The number of halogens is 1. The molecule has 0 aliphatic rings. The predicted octanol–water partition coefficient (Wildman–Crippen LogP) is 3.40. The van der Waals surface area contributed by atoms with Gasteiger partial charge in [-0.25, -0.2) is 9.37 Å². The summed E-state index contributed by atoms with van der Waals surface area (Å²) in [6.07, 6.45) is 3.35. The second-order valence-electron chi connectivity index (χ2n) is 5.11. The molecule has 3 rings (SSSR count). The van der Waals surface area contributed by atoms with Crippen molar-refractivity contribution < 1.29 is 13.9 Å². The van der Waals surface area contributed by atoms with Crippen LogP contribution in [0, 0.1) is 5.82 Å². The monoisotopic (exact) mass is 325 g/mol. The number of hydrogen-bond donors (Lipinski definition) is 0. The van der Waals surface area contributed by atoms with Gasteiger partial charge in [0.05, 0.1) is 12.3 Å². The molecule has 0 amide bonds. The summed E-state index contributed by atoms with van der Waals surface area (Å²) in [5.41, 5.74) is 2.26. The van der Waals surface area contributed by atoms with Gasteiger partial charge in [0.2, 0.25) is 5.88 Å². The van der Waals surface area contributed by atoms with Crippen molar-refractivity contribution in [1.82, 2.24) is 15.0 Å². The van der Waals surface area contributed by atoms with Gasteiger partial charge in [-0.3, -0.25) is 4.98 Å². The van der Waals surface area contributed by atoms with Crippen LogP contribution >= 0.6 is 0 Å². The highest BCUT2D eigenvalue weighted by Gasteiger charge is 2.08. The van der Waals surface area contributed by atoms with Crippen molar-refractivity contribution in [3.05, 3.63) is 71.9 Å². The van der Waals surface area contributed by atoms with Gasteiger partial charge in [0.1, 0.15) is 12.4 Å². The molecule has 0 unspecified atom stereocenters. The largest absolute Gasteiger partial charge is 0.473 e. The molecule has 0 fully saturated rings. The SMILES string of the molecule is COCc1cc(OCc2cccc(F)c2)nc(-c2ccncc2)n1. The molecule has 0 saturated heterocycles. The number of aromatic nitrogens is 3. The third kappa shape index (κ3) is 4.11. The molecule has 6 heteroatoms. The first-order valence-corrected chi connectivity index (χ1v) is 7.39. The van der Waals surface area contributed by atoms with Crippen LogP contribution in [0.25, 0.3) is 11.4 Å². The standard InChI is InChI=1S/C18H16FN3O2/c1-23-12-16-10-17(24-11-13-3-2-4-15(19)9-13)22-18(21-16)14-5-7-20-8-6-14/h2-10H,11-12H2,1H3. The van der Waals surface area contributed by atoms with Gasteiger partial charge in [0.25, 0.3) is 0 Å². The molecule has 0 bridgehead atoms. The van der Waals surface area contributed by atoms with E-state index in [2.05, 4.69) is 15.0 Å². The van der Waals surface area contributed by atoms with E-state index >= 15 is 0 Å². The van der Waals surface area contributed by atoms with E-state index in [0.29, 0.717) is 24.0 Å². The van der Waals surface area contributed by atoms with Gasteiger partial charge in [0.15, 0.2) is 5.82 Å². The minimum Gasteiger partial charge on any atom is -0.473 e. The molecule has 5 nitrogen and oxygen atoms in total. The van der Waals surface area contributed by atoms with Crippen LogP contribution in [-0.4, -0.2) is 22.1 Å². The molecule has 1 aromatic carbocycles. The van der Waals surface area contributed by atoms with Crippen LogP contribution in [0.15, 0.2) is 54.9 Å². The quantitative estimate of drug-likeness (QED) is 0.695. The van der Waals surface area contributed by atoms with Crippen molar-refractivity contribution in [2.45, 2.75) is 13.2 Å². The van der Waals surface area contributed by atoms with Crippen molar-refractivity contribution in [3.63, 3.8) is 0 Å². The Morgan fingerprint density at radius 2 is 1.83 bits per heavy atom. The Labute approximate surface area is 139 Å². The van der Waals surface area contributed by atoms with Crippen molar-refractivity contribution in [2.24, 2.45) is 0 Å². The first-order chi connectivity index (χ1) is 11.7. The van der Waals surface area contributed by atoms with Crippen LogP contribution in [-0.2, 0) is 18.0 Å². The Hall–Kier alpha value is -2.86. The predicted molar refractivity (Wildman–Crippen MR) is 86.7 cm³/mol. The highest BCUT2D eigenvalue weighted by Crippen LogP contribution is 2.20. The van der Waals surface area contributed by atoms with Crippen molar-refractivity contribution >= 4 is 0 Å².